The summed E-state index contributed by atoms with van der Waals surface area (Å²) in [5.41, 5.74) is 1.98. The van der Waals surface area contributed by atoms with Gasteiger partial charge in [-0.1, -0.05) is 18.2 Å². The lowest BCUT2D eigenvalue weighted by atomic mass is 9.92. The van der Waals surface area contributed by atoms with E-state index in [-0.39, 0.29) is 24.9 Å². The molecule has 2 aliphatic rings. The summed E-state index contributed by atoms with van der Waals surface area (Å²) in [4.78, 5) is 40.1. The number of rotatable bonds is 8. The van der Waals surface area contributed by atoms with E-state index in [0.29, 0.717) is 17.9 Å². The zero-order valence-corrected chi connectivity index (χ0v) is 19.6. The normalized spacial score (nSPS) is 22.7. The van der Waals surface area contributed by atoms with Gasteiger partial charge in [-0.25, -0.2) is 4.79 Å². The highest BCUT2D eigenvalue weighted by molar-refractivity contribution is 6.11. The molecule has 0 bridgehead atoms. The van der Waals surface area contributed by atoms with Gasteiger partial charge in [-0.15, -0.1) is 0 Å². The number of para-hydroxylation sites is 1. The molecule has 0 aliphatic carbocycles. The van der Waals surface area contributed by atoms with Gasteiger partial charge in [0.2, 0.25) is 0 Å². The Bertz CT molecular complexity index is 1090. The van der Waals surface area contributed by atoms with Gasteiger partial charge in [-0.2, -0.15) is 0 Å². The van der Waals surface area contributed by atoms with Crippen LogP contribution in [0.2, 0.25) is 0 Å². The van der Waals surface area contributed by atoms with Gasteiger partial charge in [0, 0.05) is 36.5 Å². The molecule has 1 aromatic carbocycles. The van der Waals surface area contributed by atoms with Gasteiger partial charge in [-0.3, -0.25) is 14.5 Å². The Morgan fingerprint density at radius 1 is 1.27 bits per heavy atom. The molecule has 0 spiro atoms. The largest absolute Gasteiger partial charge is 0.496 e. The van der Waals surface area contributed by atoms with Crippen LogP contribution in [0.15, 0.2) is 30.3 Å². The lowest BCUT2D eigenvalue weighted by Crippen LogP contribution is -2.46. The predicted octanol–water partition coefficient (Wildman–Crippen LogP) is 3.03. The Hall–Kier alpha value is -3.13. The number of benzene rings is 1. The SMILES string of the molecule is COc1ccccc1C[C@@]1(C)NC(=O)N(CC(=O)c2cc(C)n(C[C@H]3CCCO3)c2C)C1=O. The lowest BCUT2D eigenvalue weighted by molar-refractivity contribution is -0.130. The maximum atomic E-state index is 13.2. The van der Waals surface area contributed by atoms with E-state index in [1.807, 2.05) is 44.2 Å². The van der Waals surface area contributed by atoms with Gasteiger partial charge in [0.15, 0.2) is 5.78 Å². The topological polar surface area (TPSA) is 89.9 Å². The Kier molecular flexibility index (Phi) is 6.30. The number of methoxy groups -OCH3 is 1. The minimum Gasteiger partial charge on any atom is -0.496 e. The van der Waals surface area contributed by atoms with Gasteiger partial charge in [-0.05, 0) is 51.3 Å². The van der Waals surface area contributed by atoms with E-state index < -0.39 is 17.5 Å². The summed E-state index contributed by atoms with van der Waals surface area (Å²) in [5.74, 6) is -0.0272. The van der Waals surface area contributed by atoms with Crippen molar-refractivity contribution in [2.24, 2.45) is 0 Å². The van der Waals surface area contributed by atoms with Crippen LogP contribution in [0, 0.1) is 13.8 Å². The molecule has 2 saturated heterocycles. The molecule has 4 rings (SSSR count). The molecule has 0 radical (unpaired) electrons. The molecular weight excluding hydrogens is 422 g/mol. The number of hydrogen-bond donors (Lipinski definition) is 1. The first-order valence-electron chi connectivity index (χ1n) is 11.3. The van der Waals surface area contributed by atoms with Gasteiger partial charge < -0.3 is 19.4 Å². The average molecular weight is 454 g/mol. The third-order valence-electron chi connectivity index (χ3n) is 6.67. The van der Waals surface area contributed by atoms with Gasteiger partial charge in [0.05, 0.1) is 19.8 Å². The zero-order valence-electron chi connectivity index (χ0n) is 19.6. The summed E-state index contributed by atoms with van der Waals surface area (Å²) in [5, 5.41) is 2.77. The van der Waals surface area contributed by atoms with Gasteiger partial charge in [0.25, 0.3) is 5.91 Å². The Labute approximate surface area is 193 Å². The number of imide groups is 1. The first kappa shape index (κ1) is 23.0. The van der Waals surface area contributed by atoms with Crippen LogP contribution in [0.4, 0.5) is 4.79 Å². The number of aromatic nitrogens is 1. The van der Waals surface area contributed by atoms with Crippen molar-refractivity contribution in [2.45, 2.75) is 58.2 Å². The summed E-state index contributed by atoms with van der Waals surface area (Å²) >= 11 is 0. The first-order valence-corrected chi connectivity index (χ1v) is 11.3. The van der Waals surface area contributed by atoms with Crippen LogP contribution in [0.1, 0.15) is 47.1 Å². The van der Waals surface area contributed by atoms with Gasteiger partial charge in [0.1, 0.15) is 11.3 Å². The summed E-state index contributed by atoms with van der Waals surface area (Å²) in [6.45, 7) is 6.71. The first-order chi connectivity index (χ1) is 15.7. The maximum absolute atomic E-state index is 13.2. The smallest absolute Gasteiger partial charge is 0.325 e. The molecule has 2 fully saturated rings. The van der Waals surface area contributed by atoms with Crippen LogP contribution in [0.5, 0.6) is 5.75 Å². The predicted molar refractivity (Wildman–Crippen MR) is 123 cm³/mol. The summed E-state index contributed by atoms with van der Waals surface area (Å²) in [7, 11) is 1.57. The van der Waals surface area contributed by atoms with Crippen molar-refractivity contribution >= 4 is 17.7 Å². The molecule has 1 N–H and O–H groups in total. The van der Waals surface area contributed by atoms with E-state index in [9.17, 15) is 14.4 Å². The van der Waals surface area contributed by atoms with Crippen molar-refractivity contribution in [1.29, 1.82) is 0 Å². The fourth-order valence-electron chi connectivity index (χ4n) is 4.83. The molecule has 2 atom stereocenters. The van der Waals surface area contributed by atoms with Gasteiger partial charge >= 0.3 is 6.03 Å². The van der Waals surface area contributed by atoms with E-state index in [4.69, 9.17) is 9.47 Å². The maximum Gasteiger partial charge on any atom is 0.325 e. The highest BCUT2D eigenvalue weighted by Crippen LogP contribution is 2.28. The number of hydrogen-bond acceptors (Lipinski definition) is 5. The van der Waals surface area contributed by atoms with E-state index in [1.165, 1.54) is 0 Å². The average Bonchev–Trinajstić information content (AvgIpc) is 3.45. The van der Waals surface area contributed by atoms with Crippen LogP contribution in [0.25, 0.3) is 0 Å². The third-order valence-corrected chi connectivity index (χ3v) is 6.67. The number of carbonyl (C=O) groups is 3. The third kappa shape index (κ3) is 4.39. The second kappa shape index (κ2) is 9.02. The van der Waals surface area contributed by atoms with Crippen molar-refractivity contribution in [3.8, 4) is 5.75 Å². The molecule has 3 amide bonds. The van der Waals surface area contributed by atoms with Crippen LogP contribution in [-0.4, -0.2) is 59.1 Å². The molecule has 8 nitrogen and oxygen atoms in total. The molecule has 2 aromatic rings. The number of nitrogens with zero attached hydrogens (tertiary/aromatic N) is 2. The van der Waals surface area contributed by atoms with E-state index in [2.05, 4.69) is 9.88 Å². The number of ether oxygens (including phenoxy) is 2. The number of ketones is 1. The summed E-state index contributed by atoms with van der Waals surface area (Å²) < 4.78 is 13.2. The van der Waals surface area contributed by atoms with Crippen LogP contribution < -0.4 is 10.1 Å². The van der Waals surface area contributed by atoms with E-state index in [0.717, 1.165) is 41.3 Å². The standard InChI is InChI=1S/C25H31N3O5/c1-16-12-20(17(2)27(16)14-19-9-7-11-33-19)21(29)15-28-23(30)25(3,26-24(28)31)13-18-8-5-6-10-22(18)32-4/h5-6,8,10,12,19H,7,9,11,13-15H2,1-4H3,(H,26,31)/t19-,25-/m1/s1. The molecule has 0 saturated carbocycles. The number of Topliss-reactive ketones (excluding diaryl/α,β-unsaturated/α-hetero) is 1. The molecule has 3 heterocycles. The molecule has 2 aliphatic heterocycles. The quantitative estimate of drug-likeness (QED) is 0.490. The fraction of sp³-hybridized carbons (Fsp3) is 0.480. The van der Waals surface area contributed by atoms with Crippen LogP contribution in [-0.2, 0) is 22.5 Å². The Morgan fingerprint density at radius 3 is 2.73 bits per heavy atom. The molecule has 8 heteroatoms. The number of nitrogens with one attached hydrogen (secondary N) is 1. The molecule has 0 unspecified atom stereocenters. The second-order valence-electron chi connectivity index (χ2n) is 9.10. The summed E-state index contributed by atoms with van der Waals surface area (Å²) in [6, 6.07) is 8.65. The van der Waals surface area contributed by atoms with Crippen molar-refractivity contribution < 1.29 is 23.9 Å². The van der Waals surface area contributed by atoms with E-state index in [1.54, 1.807) is 14.0 Å². The number of amides is 3. The number of carbonyl (C=O) groups excluding carboxylic acids is 3. The zero-order chi connectivity index (χ0) is 23.8. The fourth-order valence-corrected chi connectivity index (χ4v) is 4.83. The number of urea groups is 1. The molecule has 1 aromatic heterocycles. The van der Waals surface area contributed by atoms with Crippen LogP contribution >= 0.6 is 0 Å². The van der Waals surface area contributed by atoms with Crippen LogP contribution in [0.3, 0.4) is 0 Å². The van der Waals surface area contributed by atoms with E-state index >= 15 is 0 Å². The number of aryl methyl sites for hydroxylation is 1. The Morgan fingerprint density at radius 2 is 2.03 bits per heavy atom. The highest BCUT2D eigenvalue weighted by Gasteiger charge is 2.48. The van der Waals surface area contributed by atoms with Crippen molar-refractivity contribution in [3.05, 3.63) is 52.8 Å². The van der Waals surface area contributed by atoms with Crippen molar-refractivity contribution in [2.75, 3.05) is 20.3 Å². The van der Waals surface area contributed by atoms with Crippen molar-refractivity contribution in [3.63, 3.8) is 0 Å². The highest BCUT2D eigenvalue weighted by atomic mass is 16.5. The van der Waals surface area contributed by atoms with Crippen molar-refractivity contribution in [1.82, 2.24) is 14.8 Å². The minimum absolute atomic E-state index is 0.152. The molecule has 33 heavy (non-hydrogen) atoms. The monoisotopic (exact) mass is 453 g/mol. The minimum atomic E-state index is -1.15. The molecular formula is C25H31N3O5. The summed E-state index contributed by atoms with van der Waals surface area (Å²) in [6.07, 6.45) is 2.48. The Balaban J connectivity index is 1.49. The lowest BCUT2D eigenvalue weighted by Gasteiger charge is -2.22. The second-order valence-corrected chi connectivity index (χ2v) is 9.10. The molecule has 176 valence electrons.